The second-order valence-corrected chi connectivity index (χ2v) is 2.92. The maximum Gasteiger partial charge on any atom is 0.326 e. The molecule has 7 heteroatoms. The average molecular weight is 224 g/mol. The molecule has 1 heterocycles. The van der Waals surface area contributed by atoms with Crippen molar-refractivity contribution in [1.82, 2.24) is 15.3 Å². The minimum Gasteiger partial charge on any atom is -0.347 e. The third-order valence-corrected chi connectivity index (χ3v) is 1.69. The smallest absolute Gasteiger partial charge is 0.326 e. The first-order valence-electron chi connectivity index (χ1n) is 4.60. The van der Waals surface area contributed by atoms with Crippen LogP contribution in [-0.2, 0) is 0 Å². The van der Waals surface area contributed by atoms with Crippen molar-refractivity contribution in [3.8, 4) is 0 Å². The first kappa shape index (κ1) is 11.9. The Kier molecular flexibility index (Phi) is 4.22. The van der Waals surface area contributed by atoms with Crippen LogP contribution in [0.25, 0.3) is 0 Å². The lowest BCUT2D eigenvalue weighted by atomic mass is 10.3. The summed E-state index contributed by atoms with van der Waals surface area (Å²) in [5.74, 6) is -0.523. The van der Waals surface area contributed by atoms with Crippen molar-refractivity contribution in [2.45, 2.75) is 0 Å². The fourth-order valence-corrected chi connectivity index (χ4v) is 1.02. The Balaban J connectivity index is 2.70. The SMILES string of the molecule is NC/C=C/CNC(=O)c1cc(=O)[nH]c(=O)[nH]1. The van der Waals surface area contributed by atoms with Gasteiger partial charge in [0.2, 0.25) is 0 Å². The summed E-state index contributed by atoms with van der Waals surface area (Å²) in [6, 6.07) is 1.02. The quantitative estimate of drug-likeness (QED) is 0.456. The number of aromatic amines is 2. The van der Waals surface area contributed by atoms with E-state index < -0.39 is 17.2 Å². The average Bonchev–Trinajstić information content (AvgIpc) is 2.22. The van der Waals surface area contributed by atoms with E-state index in [-0.39, 0.29) is 12.2 Å². The van der Waals surface area contributed by atoms with Gasteiger partial charge in [0.15, 0.2) is 0 Å². The molecule has 0 saturated carbocycles. The van der Waals surface area contributed by atoms with Crippen LogP contribution in [0.15, 0.2) is 27.8 Å². The molecule has 0 fully saturated rings. The van der Waals surface area contributed by atoms with Gasteiger partial charge < -0.3 is 16.0 Å². The number of H-pyrrole nitrogens is 2. The number of carbonyl (C=O) groups excluding carboxylic acids is 1. The number of hydrogen-bond donors (Lipinski definition) is 4. The van der Waals surface area contributed by atoms with Crippen molar-refractivity contribution in [3.63, 3.8) is 0 Å². The minimum atomic E-state index is -0.713. The number of aromatic nitrogens is 2. The van der Waals surface area contributed by atoms with Crippen LogP contribution in [0.3, 0.4) is 0 Å². The van der Waals surface area contributed by atoms with Crippen LogP contribution in [0, 0.1) is 0 Å². The number of nitrogens with two attached hydrogens (primary N) is 1. The third-order valence-electron chi connectivity index (χ3n) is 1.69. The van der Waals surface area contributed by atoms with E-state index in [2.05, 4.69) is 10.3 Å². The molecule has 0 aliphatic rings. The summed E-state index contributed by atoms with van der Waals surface area (Å²) in [6.07, 6.45) is 3.35. The second-order valence-electron chi connectivity index (χ2n) is 2.92. The monoisotopic (exact) mass is 224 g/mol. The zero-order valence-electron chi connectivity index (χ0n) is 8.45. The van der Waals surface area contributed by atoms with Crippen LogP contribution in [0.2, 0.25) is 0 Å². The highest BCUT2D eigenvalue weighted by Gasteiger charge is 2.05. The van der Waals surface area contributed by atoms with Gasteiger partial charge in [-0.1, -0.05) is 12.2 Å². The van der Waals surface area contributed by atoms with Crippen molar-refractivity contribution in [1.29, 1.82) is 0 Å². The fourth-order valence-electron chi connectivity index (χ4n) is 1.02. The summed E-state index contributed by atoms with van der Waals surface area (Å²) in [6.45, 7) is 0.669. The number of amides is 1. The van der Waals surface area contributed by atoms with Gasteiger partial charge in [0.05, 0.1) is 0 Å². The summed E-state index contributed by atoms with van der Waals surface area (Å²) >= 11 is 0. The van der Waals surface area contributed by atoms with Crippen molar-refractivity contribution in [3.05, 3.63) is 44.8 Å². The molecule has 1 aromatic heterocycles. The summed E-state index contributed by atoms with van der Waals surface area (Å²) < 4.78 is 0. The Hall–Kier alpha value is -2.15. The zero-order valence-corrected chi connectivity index (χ0v) is 8.45. The van der Waals surface area contributed by atoms with Gasteiger partial charge in [-0.25, -0.2) is 4.79 Å². The molecule has 86 valence electrons. The summed E-state index contributed by atoms with van der Waals surface area (Å²) in [4.78, 5) is 37.4. The first-order valence-corrected chi connectivity index (χ1v) is 4.60. The molecule has 7 nitrogen and oxygen atoms in total. The normalized spacial score (nSPS) is 10.6. The topological polar surface area (TPSA) is 121 Å². The van der Waals surface area contributed by atoms with Crippen LogP contribution < -0.4 is 22.3 Å². The molecule has 0 saturated heterocycles. The highest BCUT2D eigenvalue weighted by molar-refractivity contribution is 5.92. The maximum atomic E-state index is 11.4. The van der Waals surface area contributed by atoms with Crippen LogP contribution >= 0.6 is 0 Å². The molecular formula is C9H12N4O3. The van der Waals surface area contributed by atoms with E-state index >= 15 is 0 Å². The van der Waals surface area contributed by atoms with Crippen LogP contribution in [0.4, 0.5) is 0 Å². The van der Waals surface area contributed by atoms with Gasteiger partial charge in [-0.15, -0.1) is 0 Å². The third kappa shape index (κ3) is 3.54. The van der Waals surface area contributed by atoms with Gasteiger partial charge in [0.1, 0.15) is 5.69 Å². The van der Waals surface area contributed by atoms with E-state index in [4.69, 9.17) is 5.73 Å². The molecule has 0 bridgehead atoms. The van der Waals surface area contributed by atoms with Crippen molar-refractivity contribution < 1.29 is 4.79 Å². The standard InChI is InChI=1S/C9H12N4O3/c10-3-1-2-4-11-8(15)6-5-7(14)13-9(16)12-6/h1-2,5H,3-4,10H2,(H,11,15)(H2,12,13,14,16)/b2-1+. The Labute approximate surface area is 90.4 Å². The van der Waals surface area contributed by atoms with Gasteiger partial charge in [-0.05, 0) is 0 Å². The summed E-state index contributed by atoms with van der Waals surface area (Å²) in [5.41, 5.74) is 3.80. The van der Waals surface area contributed by atoms with Crippen LogP contribution in [-0.4, -0.2) is 29.0 Å². The van der Waals surface area contributed by atoms with Gasteiger partial charge in [-0.3, -0.25) is 14.6 Å². The van der Waals surface area contributed by atoms with Gasteiger partial charge in [0.25, 0.3) is 11.5 Å². The molecule has 1 aromatic rings. The minimum absolute atomic E-state index is 0.0742. The molecule has 0 unspecified atom stereocenters. The lowest BCUT2D eigenvalue weighted by Crippen LogP contribution is -2.31. The maximum absolute atomic E-state index is 11.4. The largest absolute Gasteiger partial charge is 0.347 e. The molecule has 0 atom stereocenters. The molecule has 16 heavy (non-hydrogen) atoms. The predicted molar refractivity (Wildman–Crippen MR) is 58.2 cm³/mol. The van der Waals surface area contributed by atoms with Gasteiger partial charge >= 0.3 is 5.69 Å². The lowest BCUT2D eigenvalue weighted by molar-refractivity contribution is 0.0952. The highest BCUT2D eigenvalue weighted by Crippen LogP contribution is 1.84. The number of rotatable bonds is 4. The highest BCUT2D eigenvalue weighted by atomic mass is 16.2. The molecule has 0 aromatic carbocycles. The Morgan fingerprint density at radius 1 is 1.38 bits per heavy atom. The molecular weight excluding hydrogens is 212 g/mol. The molecule has 0 radical (unpaired) electrons. The second kappa shape index (κ2) is 5.66. The molecule has 1 amide bonds. The summed E-state index contributed by atoms with van der Waals surface area (Å²) in [5, 5.41) is 2.48. The number of hydrogen-bond acceptors (Lipinski definition) is 4. The molecule has 1 rings (SSSR count). The Morgan fingerprint density at radius 2 is 2.12 bits per heavy atom. The fraction of sp³-hybridized carbons (Fsp3) is 0.222. The van der Waals surface area contributed by atoms with Crippen molar-refractivity contribution >= 4 is 5.91 Å². The van der Waals surface area contributed by atoms with E-state index in [0.29, 0.717) is 6.54 Å². The van der Waals surface area contributed by atoms with E-state index in [9.17, 15) is 14.4 Å². The molecule has 0 aliphatic heterocycles. The van der Waals surface area contributed by atoms with E-state index in [1.165, 1.54) is 0 Å². The lowest BCUT2D eigenvalue weighted by Gasteiger charge is -2.00. The van der Waals surface area contributed by atoms with Crippen molar-refractivity contribution in [2.75, 3.05) is 13.1 Å². The van der Waals surface area contributed by atoms with Crippen LogP contribution in [0.1, 0.15) is 10.5 Å². The number of carbonyl (C=O) groups is 1. The zero-order chi connectivity index (χ0) is 12.0. The van der Waals surface area contributed by atoms with E-state index in [1.54, 1.807) is 12.2 Å². The van der Waals surface area contributed by atoms with E-state index in [1.807, 2.05) is 4.98 Å². The van der Waals surface area contributed by atoms with Gasteiger partial charge in [0, 0.05) is 19.2 Å². The molecule has 0 spiro atoms. The number of nitrogens with one attached hydrogen (secondary N) is 3. The Bertz CT molecular complexity index is 472. The molecule has 5 N–H and O–H groups in total. The van der Waals surface area contributed by atoms with Crippen molar-refractivity contribution in [2.24, 2.45) is 5.73 Å². The summed E-state index contributed by atoms with van der Waals surface area (Å²) in [7, 11) is 0. The first-order chi connectivity index (χ1) is 7.63. The van der Waals surface area contributed by atoms with Crippen LogP contribution in [0.5, 0.6) is 0 Å². The van der Waals surface area contributed by atoms with Gasteiger partial charge in [-0.2, -0.15) is 0 Å². The van der Waals surface area contributed by atoms with E-state index in [0.717, 1.165) is 6.07 Å². The predicted octanol–water partition coefficient (Wildman–Crippen LogP) is -1.69. The molecule has 0 aliphatic carbocycles. The Morgan fingerprint density at radius 3 is 2.75 bits per heavy atom.